The Hall–Kier alpha value is -1.82. The van der Waals surface area contributed by atoms with Gasteiger partial charge in [-0.05, 0) is 12.1 Å². The molecule has 17 heavy (non-hydrogen) atoms. The molecule has 92 valence electrons. The van der Waals surface area contributed by atoms with Crippen LogP contribution in [0.25, 0.3) is 0 Å². The Morgan fingerprint density at radius 1 is 1.24 bits per heavy atom. The topological polar surface area (TPSA) is 84.4 Å². The third kappa shape index (κ3) is 2.31. The van der Waals surface area contributed by atoms with Gasteiger partial charge in [0.05, 0.1) is 11.3 Å². The molecule has 1 fully saturated rings. The summed E-state index contributed by atoms with van der Waals surface area (Å²) in [6.45, 7) is 2.75. The number of amides is 1. The molecule has 0 bridgehead atoms. The molecule has 1 heterocycles. The second-order valence-electron chi connectivity index (χ2n) is 4.00. The molecule has 0 spiro atoms. The highest BCUT2D eigenvalue weighted by molar-refractivity contribution is 6.00. The summed E-state index contributed by atoms with van der Waals surface area (Å²) < 4.78 is 13.1. The Labute approximate surface area is 98.6 Å². The SMILES string of the molecule is Nc1cc(C(=O)N2CCNCC2)c(N)cc1F. The van der Waals surface area contributed by atoms with Gasteiger partial charge in [-0.2, -0.15) is 0 Å². The van der Waals surface area contributed by atoms with Crippen molar-refractivity contribution in [3.05, 3.63) is 23.5 Å². The predicted octanol–water partition coefficient (Wildman–Crippen LogP) is 0.0355. The average molecular weight is 238 g/mol. The summed E-state index contributed by atoms with van der Waals surface area (Å²) in [5, 5.41) is 3.15. The van der Waals surface area contributed by atoms with Gasteiger partial charge in [-0.3, -0.25) is 4.79 Å². The second-order valence-corrected chi connectivity index (χ2v) is 4.00. The molecule has 0 unspecified atom stereocenters. The van der Waals surface area contributed by atoms with Crippen LogP contribution in [0.4, 0.5) is 15.8 Å². The quantitative estimate of drug-likeness (QED) is 0.603. The number of nitrogens with zero attached hydrogens (tertiary/aromatic N) is 1. The molecule has 1 aliphatic heterocycles. The van der Waals surface area contributed by atoms with E-state index in [4.69, 9.17) is 11.5 Å². The first-order chi connectivity index (χ1) is 8.09. The fourth-order valence-electron chi connectivity index (χ4n) is 1.83. The van der Waals surface area contributed by atoms with Crippen molar-refractivity contribution in [1.29, 1.82) is 0 Å². The third-order valence-electron chi connectivity index (χ3n) is 2.80. The number of hydrogen-bond acceptors (Lipinski definition) is 4. The molecule has 5 N–H and O–H groups in total. The minimum Gasteiger partial charge on any atom is -0.398 e. The van der Waals surface area contributed by atoms with Gasteiger partial charge in [0.2, 0.25) is 0 Å². The first-order valence-corrected chi connectivity index (χ1v) is 5.44. The minimum atomic E-state index is -0.598. The lowest BCUT2D eigenvalue weighted by atomic mass is 10.1. The Morgan fingerprint density at radius 2 is 1.88 bits per heavy atom. The van der Waals surface area contributed by atoms with E-state index < -0.39 is 5.82 Å². The molecule has 0 aliphatic carbocycles. The smallest absolute Gasteiger partial charge is 0.256 e. The van der Waals surface area contributed by atoms with Gasteiger partial charge in [0, 0.05) is 31.9 Å². The van der Waals surface area contributed by atoms with Crippen LogP contribution in [0, 0.1) is 5.82 Å². The fourth-order valence-corrected chi connectivity index (χ4v) is 1.83. The van der Waals surface area contributed by atoms with E-state index in [0.29, 0.717) is 13.1 Å². The van der Waals surface area contributed by atoms with Crippen LogP contribution < -0.4 is 16.8 Å². The number of nitrogens with one attached hydrogen (secondary N) is 1. The number of carbonyl (C=O) groups is 1. The number of carbonyl (C=O) groups excluding carboxylic acids is 1. The number of piperazine rings is 1. The van der Waals surface area contributed by atoms with Crippen LogP contribution in [0.2, 0.25) is 0 Å². The van der Waals surface area contributed by atoms with Gasteiger partial charge in [0.1, 0.15) is 5.82 Å². The highest BCUT2D eigenvalue weighted by atomic mass is 19.1. The Balaban J connectivity index is 2.26. The van der Waals surface area contributed by atoms with Crippen LogP contribution >= 0.6 is 0 Å². The highest BCUT2D eigenvalue weighted by Crippen LogP contribution is 2.21. The molecule has 1 aromatic carbocycles. The monoisotopic (exact) mass is 238 g/mol. The van der Waals surface area contributed by atoms with Crippen molar-refractivity contribution in [2.45, 2.75) is 0 Å². The van der Waals surface area contributed by atoms with Crippen LogP contribution in [-0.4, -0.2) is 37.0 Å². The lowest BCUT2D eigenvalue weighted by Crippen LogP contribution is -2.46. The Bertz CT molecular complexity index is 443. The van der Waals surface area contributed by atoms with Crippen molar-refractivity contribution in [3.63, 3.8) is 0 Å². The summed E-state index contributed by atoms with van der Waals surface area (Å²) >= 11 is 0. The van der Waals surface area contributed by atoms with Crippen molar-refractivity contribution in [2.24, 2.45) is 0 Å². The summed E-state index contributed by atoms with van der Waals surface area (Å²) in [5.41, 5.74) is 11.4. The molecule has 0 atom stereocenters. The maximum absolute atomic E-state index is 13.1. The zero-order chi connectivity index (χ0) is 12.4. The normalized spacial score (nSPS) is 15.9. The lowest BCUT2D eigenvalue weighted by Gasteiger charge is -2.28. The molecule has 2 rings (SSSR count). The summed E-state index contributed by atoms with van der Waals surface area (Å²) in [6.07, 6.45) is 0. The number of anilines is 2. The standard InChI is InChI=1S/C11H15FN4O/c12-8-6-9(13)7(5-10(8)14)11(17)16-3-1-15-2-4-16/h5-6,15H,1-4,13-14H2. The number of benzene rings is 1. The first kappa shape index (κ1) is 11.7. The molecule has 0 radical (unpaired) electrons. The minimum absolute atomic E-state index is 0.0577. The molecule has 0 saturated carbocycles. The van der Waals surface area contributed by atoms with Crippen LogP contribution in [-0.2, 0) is 0 Å². The number of nitrogen functional groups attached to an aromatic ring is 2. The Kier molecular flexibility index (Phi) is 3.14. The van der Waals surface area contributed by atoms with Crippen LogP contribution in [0.15, 0.2) is 12.1 Å². The molecule has 6 heteroatoms. The maximum Gasteiger partial charge on any atom is 0.256 e. The highest BCUT2D eigenvalue weighted by Gasteiger charge is 2.20. The van der Waals surface area contributed by atoms with E-state index in [9.17, 15) is 9.18 Å². The van der Waals surface area contributed by atoms with E-state index in [-0.39, 0.29) is 22.8 Å². The molecular weight excluding hydrogens is 223 g/mol. The fraction of sp³-hybridized carbons (Fsp3) is 0.364. The summed E-state index contributed by atoms with van der Waals surface area (Å²) in [4.78, 5) is 13.8. The third-order valence-corrected chi connectivity index (χ3v) is 2.80. The predicted molar refractivity (Wildman–Crippen MR) is 64.0 cm³/mol. The summed E-state index contributed by atoms with van der Waals surface area (Å²) in [6, 6.07) is 2.39. The zero-order valence-electron chi connectivity index (χ0n) is 9.37. The number of rotatable bonds is 1. The van der Waals surface area contributed by atoms with Crippen molar-refractivity contribution in [3.8, 4) is 0 Å². The van der Waals surface area contributed by atoms with Crippen molar-refractivity contribution in [1.82, 2.24) is 10.2 Å². The van der Waals surface area contributed by atoms with Gasteiger partial charge in [-0.25, -0.2) is 4.39 Å². The molecule has 1 amide bonds. The average Bonchev–Trinajstić information content (AvgIpc) is 2.34. The van der Waals surface area contributed by atoms with Gasteiger partial charge in [-0.15, -0.1) is 0 Å². The van der Waals surface area contributed by atoms with Gasteiger partial charge in [-0.1, -0.05) is 0 Å². The molecule has 1 aliphatic rings. The molecule has 1 aromatic rings. The van der Waals surface area contributed by atoms with E-state index in [1.807, 2.05) is 0 Å². The van der Waals surface area contributed by atoms with Gasteiger partial charge < -0.3 is 21.7 Å². The molecule has 5 nitrogen and oxygen atoms in total. The number of hydrogen-bond donors (Lipinski definition) is 3. The summed E-state index contributed by atoms with van der Waals surface area (Å²) in [7, 11) is 0. The molecule has 1 saturated heterocycles. The lowest BCUT2D eigenvalue weighted by molar-refractivity contribution is 0.0737. The van der Waals surface area contributed by atoms with E-state index in [2.05, 4.69) is 5.32 Å². The van der Waals surface area contributed by atoms with Gasteiger partial charge in [0.15, 0.2) is 0 Å². The van der Waals surface area contributed by atoms with Crippen molar-refractivity contribution >= 4 is 17.3 Å². The largest absolute Gasteiger partial charge is 0.398 e. The second kappa shape index (κ2) is 4.58. The van der Waals surface area contributed by atoms with Crippen LogP contribution in [0.1, 0.15) is 10.4 Å². The maximum atomic E-state index is 13.1. The zero-order valence-corrected chi connectivity index (χ0v) is 9.37. The van der Waals surface area contributed by atoms with E-state index in [1.54, 1.807) is 4.90 Å². The number of halogens is 1. The number of nitrogens with two attached hydrogens (primary N) is 2. The van der Waals surface area contributed by atoms with Crippen LogP contribution in [0.3, 0.4) is 0 Å². The molecule has 0 aromatic heterocycles. The van der Waals surface area contributed by atoms with Crippen molar-refractivity contribution in [2.75, 3.05) is 37.6 Å². The van der Waals surface area contributed by atoms with Crippen LogP contribution in [0.5, 0.6) is 0 Å². The van der Waals surface area contributed by atoms with Gasteiger partial charge in [0.25, 0.3) is 5.91 Å². The first-order valence-electron chi connectivity index (χ1n) is 5.44. The summed E-state index contributed by atoms with van der Waals surface area (Å²) in [5.74, 6) is -0.796. The molecular formula is C11H15FN4O. The van der Waals surface area contributed by atoms with Crippen molar-refractivity contribution < 1.29 is 9.18 Å². The Morgan fingerprint density at radius 3 is 2.53 bits per heavy atom. The van der Waals surface area contributed by atoms with E-state index in [1.165, 1.54) is 6.07 Å². The van der Waals surface area contributed by atoms with E-state index >= 15 is 0 Å². The van der Waals surface area contributed by atoms with E-state index in [0.717, 1.165) is 19.2 Å². The van der Waals surface area contributed by atoms with Gasteiger partial charge >= 0.3 is 0 Å².